The molecule has 1 N–H and O–H groups in total. The van der Waals surface area contributed by atoms with E-state index in [1.807, 2.05) is 11.8 Å². The molecule has 0 spiro atoms. The summed E-state index contributed by atoms with van der Waals surface area (Å²) in [6.45, 7) is 6.94. The molecule has 0 aromatic carbocycles. The lowest BCUT2D eigenvalue weighted by Gasteiger charge is -2.28. The fourth-order valence-corrected chi connectivity index (χ4v) is 1.73. The van der Waals surface area contributed by atoms with E-state index in [1.165, 1.54) is 12.2 Å². The molecular formula is C10H22OS. The van der Waals surface area contributed by atoms with Crippen LogP contribution in [0.3, 0.4) is 0 Å². The Labute approximate surface area is 80.9 Å². The second-order valence-electron chi connectivity index (χ2n) is 4.38. The molecule has 0 aliphatic heterocycles. The minimum absolute atomic E-state index is 0.257. The maximum absolute atomic E-state index is 9.15. The fraction of sp³-hybridized carbons (Fsp3) is 1.00. The van der Waals surface area contributed by atoms with E-state index in [2.05, 4.69) is 27.0 Å². The average Bonchev–Trinajstić information content (AvgIpc) is 1.95. The summed E-state index contributed by atoms with van der Waals surface area (Å²) in [6, 6.07) is 0. The molecule has 74 valence electrons. The Morgan fingerprint density at radius 1 is 1.33 bits per heavy atom. The van der Waals surface area contributed by atoms with Crippen molar-refractivity contribution in [3.8, 4) is 0 Å². The number of aliphatic hydroxyl groups excluding tert-OH is 1. The first kappa shape index (κ1) is 12.3. The van der Waals surface area contributed by atoms with Gasteiger partial charge in [-0.15, -0.1) is 0 Å². The van der Waals surface area contributed by atoms with Gasteiger partial charge in [0.05, 0.1) is 0 Å². The highest BCUT2D eigenvalue weighted by atomic mass is 32.2. The van der Waals surface area contributed by atoms with Crippen LogP contribution in [-0.4, -0.2) is 23.7 Å². The van der Waals surface area contributed by atoms with Crippen molar-refractivity contribution in [1.82, 2.24) is 0 Å². The Morgan fingerprint density at radius 2 is 1.92 bits per heavy atom. The molecule has 0 aliphatic rings. The van der Waals surface area contributed by atoms with Gasteiger partial charge in [0.25, 0.3) is 0 Å². The minimum Gasteiger partial charge on any atom is -0.396 e. The van der Waals surface area contributed by atoms with Crippen LogP contribution in [-0.2, 0) is 0 Å². The first-order chi connectivity index (χ1) is 5.52. The summed E-state index contributed by atoms with van der Waals surface area (Å²) >= 11 is 1.88. The number of hydrogen-bond donors (Lipinski definition) is 1. The van der Waals surface area contributed by atoms with E-state index in [0.717, 1.165) is 6.42 Å². The van der Waals surface area contributed by atoms with Gasteiger partial charge in [-0.25, -0.2) is 0 Å². The van der Waals surface area contributed by atoms with Gasteiger partial charge in [0, 0.05) is 6.61 Å². The normalized spacial score (nSPS) is 14.8. The zero-order valence-corrected chi connectivity index (χ0v) is 9.58. The molecule has 0 saturated carbocycles. The monoisotopic (exact) mass is 190 g/mol. The van der Waals surface area contributed by atoms with Crippen LogP contribution in [0, 0.1) is 11.3 Å². The lowest BCUT2D eigenvalue weighted by molar-refractivity contribution is 0.123. The zero-order valence-electron chi connectivity index (χ0n) is 8.76. The number of rotatable bonds is 5. The molecule has 1 unspecified atom stereocenters. The van der Waals surface area contributed by atoms with Crippen LogP contribution in [0.2, 0.25) is 0 Å². The summed E-state index contributed by atoms with van der Waals surface area (Å²) in [5.41, 5.74) is 0.257. The SMILES string of the molecule is CSCCCC(CO)C(C)(C)C. The first-order valence-corrected chi connectivity index (χ1v) is 6.01. The molecule has 0 aliphatic carbocycles. The molecule has 0 bridgehead atoms. The van der Waals surface area contributed by atoms with E-state index in [-0.39, 0.29) is 5.41 Å². The Morgan fingerprint density at radius 3 is 2.25 bits per heavy atom. The first-order valence-electron chi connectivity index (χ1n) is 4.62. The fourth-order valence-electron chi connectivity index (χ4n) is 1.27. The van der Waals surface area contributed by atoms with Crippen molar-refractivity contribution in [1.29, 1.82) is 0 Å². The second kappa shape index (κ2) is 5.87. The topological polar surface area (TPSA) is 20.2 Å². The maximum atomic E-state index is 9.15. The zero-order chi connectivity index (χ0) is 9.61. The van der Waals surface area contributed by atoms with E-state index < -0.39 is 0 Å². The van der Waals surface area contributed by atoms with Crippen LogP contribution < -0.4 is 0 Å². The third-order valence-corrected chi connectivity index (χ3v) is 3.04. The van der Waals surface area contributed by atoms with Crippen molar-refractivity contribution in [2.75, 3.05) is 18.6 Å². The average molecular weight is 190 g/mol. The minimum atomic E-state index is 0.257. The van der Waals surface area contributed by atoms with Crippen molar-refractivity contribution in [3.05, 3.63) is 0 Å². The molecule has 2 heteroatoms. The molecule has 0 aromatic rings. The van der Waals surface area contributed by atoms with Gasteiger partial charge in [-0.1, -0.05) is 20.8 Å². The summed E-state index contributed by atoms with van der Waals surface area (Å²) in [5.74, 6) is 1.68. The van der Waals surface area contributed by atoms with Gasteiger partial charge in [0.2, 0.25) is 0 Å². The van der Waals surface area contributed by atoms with Gasteiger partial charge in [-0.3, -0.25) is 0 Å². The third-order valence-electron chi connectivity index (χ3n) is 2.35. The molecule has 0 saturated heterocycles. The molecule has 0 heterocycles. The summed E-state index contributed by atoms with van der Waals surface area (Å²) in [6.07, 6.45) is 4.51. The van der Waals surface area contributed by atoms with Crippen LogP contribution >= 0.6 is 11.8 Å². The summed E-state index contributed by atoms with van der Waals surface area (Å²) in [5, 5.41) is 9.15. The molecular weight excluding hydrogens is 168 g/mol. The molecule has 0 radical (unpaired) electrons. The van der Waals surface area contributed by atoms with Gasteiger partial charge >= 0.3 is 0 Å². The lowest BCUT2D eigenvalue weighted by atomic mass is 9.79. The van der Waals surface area contributed by atoms with Crippen molar-refractivity contribution in [3.63, 3.8) is 0 Å². The highest BCUT2D eigenvalue weighted by Crippen LogP contribution is 2.29. The van der Waals surface area contributed by atoms with Crippen LogP contribution in [0.15, 0.2) is 0 Å². The Bertz CT molecular complexity index is 107. The predicted octanol–water partition coefficient (Wildman–Crippen LogP) is 2.78. The maximum Gasteiger partial charge on any atom is 0.0464 e. The molecule has 0 fully saturated rings. The van der Waals surface area contributed by atoms with Gasteiger partial charge in [0.15, 0.2) is 0 Å². The molecule has 1 nitrogen and oxygen atoms in total. The number of thioether (sulfide) groups is 1. The molecule has 12 heavy (non-hydrogen) atoms. The lowest BCUT2D eigenvalue weighted by Crippen LogP contribution is -2.23. The molecule has 0 aromatic heterocycles. The van der Waals surface area contributed by atoms with Crippen LogP contribution in [0.1, 0.15) is 33.6 Å². The van der Waals surface area contributed by atoms with E-state index in [9.17, 15) is 0 Å². The van der Waals surface area contributed by atoms with Crippen LogP contribution in [0.25, 0.3) is 0 Å². The van der Waals surface area contributed by atoms with Crippen molar-refractivity contribution in [2.24, 2.45) is 11.3 Å². The number of hydrogen-bond acceptors (Lipinski definition) is 2. The van der Waals surface area contributed by atoms with E-state index in [1.54, 1.807) is 0 Å². The van der Waals surface area contributed by atoms with E-state index in [4.69, 9.17) is 5.11 Å². The number of aliphatic hydroxyl groups is 1. The van der Waals surface area contributed by atoms with Crippen molar-refractivity contribution in [2.45, 2.75) is 33.6 Å². The summed E-state index contributed by atoms with van der Waals surface area (Å²) < 4.78 is 0. The van der Waals surface area contributed by atoms with E-state index >= 15 is 0 Å². The molecule has 0 rings (SSSR count). The van der Waals surface area contributed by atoms with Gasteiger partial charge in [-0.05, 0) is 36.2 Å². The van der Waals surface area contributed by atoms with E-state index in [0.29, 0.717) is 12.5 Å². The van der Waals surface area contributed by atoms with Crippen molar-refractivity contribution >= 4 is 11.8 Å². The largest absolute Gasteiger partial charge is 0.396 e. The van der Waals surface area contributed by atoms with Gasteiger partial charge < -0.3 is 5.11 Å². The molecule has 1 atom stereocenters. The van der Waals surface area contributed by atoms with Gasteiger partial charge in [-0.2, -0.15) is 11.8 Å². The summed E-state index contributed by atoms with van der Waals surface area (Å²) in [7, 11) is 0. The molecule has 0 amide bonds. The van der Waals surface area contributed by atoms with Gasteiger partial charge in [0.1, 0.15) is 0 Å². The Kier molecular flexibility index (Phi) is 6.02. The predicted molar refractivity (Wildman–Crippen MR) is 57.6 cm³/mol. The highest BCUT2D eigenvalue weighted by Gasteiger charge is 2.22. The van der Waals surface area contributed by atoms with Crippen molar-refractivity contribution < 1.29 is 5.11 Å². The quantitative estimate of drug-likeness (QED) is 0.673. The van der Waals surface area contributed by atoms with Crippen LogP contribution in [0.4, 0.5) is 0 Å². The standard InChI is InChI=1S/C10H22OS/c1-10(2,3)9(8-11)6-5-7-12-4/h9,11H,5-8H2,1-4H3. The third kappa shape index (κ3) is 5.04. The Balaban J connectivity index is 3.68. The Hall–Kier alpha value is 0.310. The smallest absolute Gasteiger partial charge is 0.0464 e. The summed E-state index contributed by atoms with van der Waals surface area (Å²) in [4.78, 5) is 0. The highest BCUT2D eigenvalue weighted by molar-refractivity contribution is 7.98. The second-order valence-corrected chi connectivity index (χ2v) is 5.37. The van der Waals surface area contributed by atoms with Crippen LogP contribution in [0.5, 0.6) is 0 Å².